The molecule has 1 aliphatic carbocycles. The molecule has 3 N–H and O–H groups in total. The summed E-state index contributed by atoms with van der Waals surface area (Å²) in [5.41, 5.74) is 5.65. The summed E-state index contributed by atoms with van der Waals surface area (Å²) < 4.78 is 35.5. The van der Waals surface area contributed by atoms with Crippen molar-refractivity contribution in [1.82, 2.24) is 5.32 Å². The highest BCUT2D eigenvalue weighted by molar-refractivity contribution is 5.81. The highest BCUT2D eigenvalue weighted by Gasteiger charge is 2.38. The number of carbonyl (C=O) groups is 1. The molecule has 0 aromatic rings. The Labute approximate surface area is 86.2 Å². The van der Waals surface area contributed by atoms with Crippen molar-refractivity contribution in [2.45, 2.75) is 37.9 Å². The molecule has 88 valence electrons. The Balaban J connectivity index is 2.23. The smallest absolute Gasteiger partial charge is 0.348 e. The molecular formula is C9H15F3N2O. The molecule has 0 aliphatic heterocycles. The van der Waals surface area contributed by atoms with E-state index in [0.29, 0.717) is 0 Å². The Hall–Kier alpha value is -0.780. The van der Waals surface area contributed by atoms with Crippen LogP contribution in [0.5, 0.6) is 0 Å². The maximum atomic E-state index is 11.8. The van der Waals surface area contributed by atoms with Crippen LogP contribution in [0, 0.1) is 5.92 Å². The molecule has 0 radical (unpaired) electrons. The van der Waals surface area contributed by atoms with Gasteiger partial charge in [0, 0.05) is 12.6 Å². The van der Waals surface area contributed by atoms with Crippen LogP contribution in [0.1, 0.15) is 25.7 Å². The summed E-state index contributed by atoms with van der Waals surface area (Å²) >= 11 is 0. The number of rotatable bonds is 2. The van der Waals surface area contributed by atoms with Gasteiger partial charge in [-0.1, -0.05) is 0 Å². The van der Waals surface area contributed by atoms with Crippen LogP contribution in [-0.2, 0) is 4.79 Å². The average Bonchev–Trinajstić information content (AvgIpc) is 2.15. The van der Waals surface area contributed by atoms with E-state index in [4.69, 9.17) is 5.73 Å². The molecule has 0 aromatic carbocycles. The summed E-state index contributed by atoms with van der Waals surface area (Å²) in [6.45, 7) is 0.102. The number of carbonyl (C=O) groups excluding carboxylic acids is 1. The van der Waals surface area contributed by atoms with Crippen molar-refractivity contribution in [2.75, 3.05) is 6.54 Å². The first kappa shape index (κ1) is 12.3. The fraction of sp³-hybridized carbons (Fsp3) is 0.889. The largest absolute Gasteiger partial charge is 0.471 e. The molecule has 0 heterocycles. The summed E-state index contributed by atoms with van der Waals surface area (Å²) in [6.07, 6.45) is -1.54. The third kappa shape index (κ3) is 4.07. The Kier molecular flexibility index (Phi) is 3.96. The molecule has 0 atom stereocenters. The average molecular weight is 224 g/mol. The van der Waals surface area contributed by atoms with E-state index in [0.717, 1.165) is 25.7 Å². The minimum absolute atomic E-state index is 0.102. The topological polar surface area (TPSA) is 55.1 Å². The van der Waals surface area contributed by atoms with E-state index < -0.39 is 12.1 Å². The first-order valence-corrected chi connectivity index (χ1v) is 5.00. The molecule has 0 aromatic heterocycles. The van der Waals surface area contributed by atoms with Crippen molar-refractivity contribution in [3.05, 3.63) is 0 Å². The molecule has 0 saturated heterocycles. The van der Waals surface area contributed by atoms with Crippen LogP contribution in [0.2, 0.25) is 0 Å². The molecule has 0 spiro atoms. The van der Waals surface area contributed by atoms with Gasteiger partial charge in [0.1, 0.15) is 0 Å². The molecule has 3 nitrogen and oxygen atoms in total. The molecule has 1 aliphatic rings. The van der Waals surface area contributed by atoms with Crippen LogP contribution < -0.4 is 11.1 Å². The first-order chi connectivity index (χ1) is 6.89. The van der Waals surface area contributed by atoms with Gasteiger partial charge in [0.25, 0.3) is 0 Å². The summed E-state index contributed by atoms with van der Waals surface area (Å²) in [5.74, 6) is -1.71. The van der Waals surface area contributed by atoms with Crippen molar-refractivity contribution in [2.24, 2.45) is 11.7 Å². The number of nitrogens with two attached hydrogens (primary N) is 1. The predicted octanol–water partition coefficient (Wildman–Crippen LogP) is 1.18. The Morgan fingerprint density at radius 2 is 1.80 bits per heavy atom. The second kappa shape index (κ2) is 4.83. The number of hydrogen-bond acceptors (Lipinski definition) is 2. The van der Waals surface area contributed by atoms with Crippen LogP contribution in [0.4, 0.5) is 13.2 Å². The van der Waals surface area contributed by atoms with Crippen LogP contribution >= 0.6 is 0 Å². The van der Waals surface area contributed by atoms with E-state index in [-0.39, 0.29) is 18.5 Å². The SMILES string of the molecule is NC1CCC(CNC(=O)C(F)(F)F)CC1. The number of halogens is 3. The van der Waals surface area contributed by atoms with Gasteiger partial charge in [-0.3, -0.25) is 4.79 Å². The number of nitrogens with one attached hydrogen (secondary N) is 1. The van der Waals surface area contributed by atoms with Gasteiger partial charge < -0.3 is 11.1 Å². The van der Waals surface area contributed by atoms with Gasteiger partial charge in [-0.05, 0) is 31.6 Å². The van der Waals surface area contributed by atoms with Crippen molar-refractivity contribution in [3.63, 3.8) is 0 Å². The minimum atomic E-state index is -4.77. The lowest BCUT2D eigenvalue weighted by atomic mass is 9.86. The van der Waals surface area contributed by atoms with Gasteiger partial charge in [-0.2, -0.15) is 13.2 Å². The van der Waals surface area contributed by atoms with Crippen LogP contribution in [-0.4, -0.2) is 24.7 Å². The van der Waals surface area contributed by atoms with Gasteiger partial charge in [-0.15, -0.1) is 0 Å². The van der Waals surface area contributed by atoms with Crippen LogP contribution in [0.25, 0.3) is 0 Å². The lowest BCUT2D eigenvalue weighted by Gasteiger charge is -2.26. The fourth-order valence-corrected chi connectivity index (χ4v) is 1.73. The van der Waals surface area contributed by atoms with Crippen molar-refractivity contribution < 1.29 is 18.0 Å². The van der Waals surface area contributed by atoms with Gasteiger partial charge >= 0.3 is 12.1 Å². The second-order valence-electron chi connectivity index (χ2n) is 3.99. The maximum absolute atomic E-state index is 11.8. The van der Waals surface area contributed by atoms with Gasteiger partial charge in [0.2, 0.25) is 0 Å². The highest BCUT2D eigenvalue weighted by atomic mass is 19.4. The van der Waals surface area contributed by atoms with Gasteiger partial charge in [0.05, 0.1) is 0 Å². The summed E-state index contributed by atoms with van der Waals surface area (Å²) in [6, 6.07) is 0.166. The predicted molar refractivity (Wildman–Crippen MR) is 49.0 cm³/mol. The zero-order valence-electron chi connectivity index (χ0n) is 8.31. The normalized spacial score (nSPS) is 27.5. The standard InChI is InChI=1S/C9H15F3N2O/c10-9(11,12)8(15)14-5-6-1-3-7(13)4-2-6/h6-7H,1-5,13H2,(H,14,15). The zero-order valence-corrected chi connectivity index (χ0v) is 8.31. The first-order valence-electron chi connectivity index (χ1n) is 5.00. The van der Waals surface area contributed by atoms with E-state index in [9.17, 15) is 18.0 Å². The van der Waals surface area contributed by atoms with E-state index >= 15 is 0 Å². The van der Waals surface area contributed by atoms with Crippen LogP contribution in [0.3, 0.4) is 0 Å². The molecular weight excluding hydrogens is 209 g/mol. The van der Waals surface area contributed by atoms with E-state index in [1.54, 1.807) is 0 Å². The van der Waals surface area contributed by atoms with E-state index in [1.807, 2.05) is 5.32 Å². The third-order valence-corrected chi connectivity index (χ3v) is 2.70. The molecule has 0 unspecified atom stereocenters. The maximum Gasteiger partial charge on any atom is 0.471 e. The molecule has 1 amide bonds. The Bertz CT molecular complexity index is 222. The van der Waals surface area contributed by atoms with E-state index in [1.165, 1.54) is 0 Å². The fourth-order valence-electron chi connectivity index (χ4n) is 1.73. The highest BCUT2D eigenvalue weighted by Crippen LogP contribution is 2.23. The molecule has 1 saturated carbocycles. The number of alkyl halides is 3. The molecule has 15 heavy (non-hydrogen) atoms. The van der Waals surface area contributed by atoms with Crippen molar-refractivity contribution in [1.29, 1.82) is 0 Å². The summed E-state index contributed by atoms with van der Waals surface area (Å²) in [4.78, 5) is 10.5. The quantitative estimate of drug-likeness (QED) is 0.740. The van der Waals surface area contributed by atoms with E-state index in [2.05, 4.69) is 0 Å². The lowest BCUT2D eigenvalue weighted by molar-refractivity contribution is -0.173. The van der Waals surface area contributed by atoms with Gasteiger partial charge in [0.15, 0.2) is 0 Å². The summed E-state index contributed by atoms with van der Waals surface area (Å²) in [7, 11) is 0. The zero-order chi connectivity index (χ0) is 11.5. The van der Waals surface area contributed by atoms with Crippen molar-refractivity contribution in [3.8, 4) is 0 Å². The number of amides is 1. The Morgan fingerprint density at radius 1 is 1.27 bits per heavy atom. The third-order valence-electron chi connectivity index (χ3n) is 2.70. The summed E-state index contributed by atoms with van der Waals surface area (Å²) in [5, 5.41) is 1.90. The lowest BCUT2D eigenvalue weighted by Crippen LogP contribution is -2.40. The van der Waals surface area contributed by atoms with Crippen LogP contribution in [0.15, 0.2) is 0 Å². The monoisotopic (exact) mass is 224 g/mol. The number of hydrogen-bond donors (Lipinski definition) is 2. The molecule has 1 fully saturated rings. The minimum Gasteiger partial charge on any atom is -0.348 e. The molecule has 6 heteroatoms. The van der Waals surface area contributed by atoms with Gasteiger partial charge in [-0.25, -0.2) is 0 Å². The Morgan fingerprint density at radius 3 is 2.27 bits per heavy atom. The molecule has 0 bridgehead atoms. The van der Waals surface area contributed by atoms with Crippen molar-refractivity contribution >= 4 is 5.91 Å². The molecule has 1 rings (SSSR count). The second-order valence-corrected chi connectivity index (χ2v) is 3.99.